The van der Waals surface area contributed by atoms with Gasteiger partial charge in [0.25, 0.3) is 0 Å². The van der Waals surface area contributed by atoms with Gasteiger partial charge >= 0.3 is 12.1 Å². The van der Waals surface area contributed by atoms with Gasteiger partial charge in [-0.3, -0.25) is 9.59 Å². The predicted octanol–water partition coefficient (Wildman–Crippen LogP) is 1.91. The molecule has 2 atom stereocenters. The molecule has 1 fully saturated rings. The molecule has 1 saturated carbocycles. The largest absolute Gasteiger partial charge is 0.481 e. The lowest BCUT2D eigenvalue weighted by Gasteiger charge is -2.27. The van der Waals surface area contributed by atoms with Crippen LogP contribution in [0.3, 0.4) is 0 Å². The van der Waals surface area contributed by atoms with Gasteiger partial charge in [0.15, 0.2) is 0 Å². The van der Waals surface area contributed by atoms with Crippen molar-refractivity contribution in [2.24, 2.45) is 11.8 Å². The summed E-state index contributed by atoms with van der Waals surface area (Å²) >= 11 is 0. The van der Waals surface area contributed by atoms with Gasteiger partial charge in [-0.15, -0.1) is 0 Å². The van der Waals surface area contributed by atoms with Crippen molar-refractivity contribution in [2.75, 3.05) is 13.1 Å². The monoisotopic (exact) mass is 328 g/mol. The molecule has 1 rings (SSSR count). The molecule has 0 saturated heterocycles. The second-order valence-corrected chi connectivity index (χ2v) is 6.91. The van der Waals surface area contributed by atoms with E-state index in [2.05, 4.69) is 10.6 Å². The van der Waals surface area contributed by atoms with Crippen molar-refractivity contribution in [1.29, 1.82) is 0 Å². The zero-order chi connectivity index (χ0) is 17.5. The fourth-order valence-corrected chi connectivity index (χ4v) is 2.68. The molecule has 1 aliphatic carbocycles. The van der Waals surface area contributed by atoms with E-state index in [1.807, 2.05) is 0 Å². The van der Waals surface area contributed by atoms with E-state index in [4.69, 9.17) is 4.74 Å². The molecule has 0 aromatic carbocycles. The maximum Gasteiger partial charge on any atom is 0.407 e. The van der Waals surface area contributed by atoms with Crippen molar-refractivity contribution in [3.8, 4) is 0 Å². The van der Waals surface area contributed by atoms with Gasteiger partial charge in [0.2, 0.25) is 5.91 Å². The van der Waals surface area contributed by atoms with Crippen LogP contribution in [0.2, 0.25) is 0 Å². The number of carbonyl (C=O) groups is 3. The summed E-state index contributed by atoms with van der Waals surface area (Å²) in [5, 5.41) is 14.6. The normalized spacial score (nSPS) is 21.3. The molecule has 7 heteroatoms. The third kappa shape index (κ3) is 7.34. The summed E-state index contributed by atoms with van der Waals surface area (Å²) in [6.07, 6.45) is 3.02. The van der Waals surface area contributed by atoms with Crippen LogP contribution in [0.1, 0.15) is 52.9 Å². The van der Waals surface area contributed by atoms with Crippen LogP contribution in [-0.4, -0.2) is 41.8 Å². The van der Waals surface area contributed by atoms with Gasteiger partial charge < -0.3 is 20.5 Å². The summed E-state index contributed by atoms with van der Waals surface area (Å²) in [6, 6.07) is 0. The Labute approximate surface area is 137 Å². The molecule has 0 spiro atoms. The lowest BCUT2D eigenvalue weighted by atomic mass is 9.79. The van der Waals surface area contributed by atoms with Gasteiger partial charge in [0, 0.05) is 13.1 Å². The van der Waals surface area contributed by atoms with Crippen LogP contribution in [-0.2, 0) is 14.3 Å². The smallest absolute Gasteiger partial charge is 0.407 e. The third-order valence-electron chi connectivity index (χ3n) is 3.74. The molecular weight excluding hydrogens is 300 g/mol. The summed E-state index contributed by atoms with van der Waals surface area (Å²) in [4.78, 5) is 34.7. The van der Waals surface area contributed by atoms with Gasteiger partial charge in [-0.25, -0.2) is 4.79 Å². The summed E-state index contributed by atoms with van der Waals surface area (Å²) in [6.45, 7) is 6.15. The van der Waals surface area contributed by atoms with Gasteiger partial charge in [0.1, 0.15) is 5.60 Å². The van der Waals surface area contributed by atoms with Crippen LogP contribution in [0.25, 0.3) is 0 Å². The number of hydrogen-bond donors (Lipinski definition) is 3. The Bertz CT molecular complexity index is 431. The number of carbonyl (C=O) groups excluding carboxylic acids is 2. The fraction of sp³-hybridized carbons (Fsp3) is 0.812. The number of carboxylic acids is 1. The molecule has 132 valence electrons. The van der Waals surface area contributed by atoms with Crippen molar-refractivity contribution in [2.45, 2.75) is 58.5 Å². The summed E-state index contributed by atoms with van der Waals surface area (Å²) < 4.78 is 5.10. The number of carboxylic acid groups (broad SMARTS) is 1. The van der Waals surface area contributed by atoms with Crippen LogP contribution >= 0.6 is 0 Å². The first-order valence-corrected chi connectivity index (χ1v) is 8.18. The maximum absolute atomic E-state index is 12.1. The number of nitrogens with one attached hydrogen (secondary N) is 2. The third-order valence-corrected chi connectivity index (χ3v) is 3.74. The van der Waals surface area contributed by atoms with Crippen molar-refractivity contribution < 1.29 is 24.2 Å². The Morgan fingerprint density at radius 1 is 1.04 bits per heavy atom. The highest BCUT2D eigenvalue weighted by Crippen LogP contribution is 2.30. The van der Waals surface area contributed by atoms with E-state index >= 15 is 0 Å². The van der Waals surface area contributed by atoms with E-state index in [1.165, 1.54) is 0 Å². The van der Waals surface area contributed by atoms with E-state index < -0.39 is 29.5 Å². The Balaban J connectivity index is 2.23. The Morgan fingerprint density at radius 2 is 1.61 bits per heavy atom. The molecule has 23 heavy (non-hydrogen) atoms. The van der Waals surface area contributed by atoms with E-state index in [0.717, 1.165) is 12.8 Å². The first-order valence-electron chi connectivity index (χ1n) is 8.18. The Hall–Kier alpha value is -1.79. The Morgan fingerprint density at radius 3 is 2.17 bits per heavy atom. The molecule has 3 N–H and O–H groups in total. The lowest BCUT2D eigenvalue weighted by Crippen LogP contribution is -2.40. The van der Waals surface area contributed by atoms with Crippen molar-refractivity contribution in [3.05, 3.63) is 0 Å². The van der Waals surface area contributed by atoms with Crippen LogP contribution in [0.4, 0.5) is 4.79 Å². The van der Waals surface area contributed by atoms with Crippen LogP contribution in [0.15, 0.2) is 0 Å². The van der Waals surface area contributed by atoms with Crippen LogP contribution < -0.4 is 10.6 Å². The molecule has 0 radical (unpaired) electrons. The molecule has 0 aromatic rings. The minimum Gasteiger partial charge on any atom is -0.481 e. The van der Waals surface area contributed by atoms with Crippen LogP contribution in [0, 0.1) is 11.8 Å². The SMILES string of the molecule is CC(C)(C)OC(=O)NCCCNC(=O)[C@@H]1CCCC[C@@H]1C(=O)O. The minimum atomic E-state index is -0.892. The quantitative estimate of drug-likeness (QED) is 0.646. The highest BCUT2D eigenvalue weighted by Gasteiger charge is 2.35. The highest BCUT2D eigenvalue weighted by atomic mass is 16.6. The molecule has 2 amide bonds. The van der Waals surface area contributed by atoms with Crippen LogP contribution in [0.5, 0.6) is 0 Å². The molecule has 0 heterocycles. The summed E-state index contributed by atoms with van der Waals surface area (Å²) in [5.41, 5.74) is -0.537. The molecule has 0 bridgehead atoms. The highest BCUT2D eigenvalue weighted by molar-refractivity contribution is 5.84. The summed E-state index contributed by atoms with van der Waals surface area (Å²) in [5.74, 6) is -2.12. The maximum atomic E-state index is 12.1. The lowest BCUT2D eigenvalue weighted by molar-refractivity contribution is -0.148. The van der Waals surface area contributed by atoms with E-state index in [1.54, 1.807) is 20.8 Å². The number of ether oxygens (including phenoxy) is 1. The number of amides is 2. The number of alkyl carbamates (subject to hydrolysis) is 1. The first-order chi connectivity index (χ1) is 10.7. The number of aliphatic carboxylic acids is 1. The van der Waals surface area contributed by atoms with Crippen molar-refractivity contribution in [1.82, 2.24) is 10.6 Å². The van der Waals surface area contributed by atoms with Gasteiger partial charge in [-0.05, 0) is 40.0 Å². The zero-order valence-corrected chi connectivity index (χ0v) is 14.2. The van der Waals surface area contributed by atoms with Gasteiger partial charge in [0.05, 0.1) is 11.8 Å². The van der Waals surface area contributed by atoms with Crippen molar-refractivity contribution in [3.63, 3.8) is 0 Å². The molecule has 0 aromatic heterocycles. The van der Waals surface area contributed by atoms with Gasteiger partial charge in [-0.1, -0.05) is 12.8 Å². The minimum absolute atomic E-state index is 0.200. The zero-order valence-electron chi connectivity index (χ0n) is 14.2. The topological polar surface area (TPSA) is 105 Å². The standard InChI is InChI=1S/C16H28N2O5/c1-16(2,3)23-15(22)18-10-6-9-17-13(19)11-7-4-5-8-12(11)14(20)21/h11-12H,4-10H2,1-3H3,(H,17,19)(H,18,22)(H,20,21)/t11-,12+/m1/s1. The molecule has 7 nitrogen and oxygen atoms in total. The van der Waals surface area contributed by atoms with E-state index in [-0.39, 0.29) is 5.91 Å². The molecular formula is C16H28N2O5. The van der Waals surface area contributed by atoms with E-state index in [9.17, 15) is 19.5 Å². The Kier molecular flexibility index (Phi) is 7.32. The van der Waals surface area contributed by atoms with Gasteiger partial charge in [-0.2, -0.15) is 0 Å². The second-order valence-electron chi connectivity index (χ2n) is 6.91. The second kappa shape index (κ2) is 8.74. The average molecular weight is 328 g/mol. The molecule has 1 aliphatic rings. The predicted molar refractivity (Wildman–Crippen MR) is 84.9 cm³/mol. The number of hydrogen-bond acceptors (Lipinski definition) is 4. The van der Waals surface area contributed by atoms with Crippen molar-refractivity contribution >= 4 is 18.0 Å². The molecule has 0 aliphatic heterocycles. The fourth-order valence-electron chi connectivity index (χ4n) is 2.68. The first kappa shape index (κ1) is 19.3. The van der Waals surface area contributed by atoms with E-state index in [0.29, 0.717) is 32.4 Å². The summed E-state index contributed by atoms with van der Waals surface area (Å²) in [7, 11) is 0. The molecule has 0 unspecified atom stereocenters. The average Bonchev–Trinajstić information content (AvgIpc) is 2.44. The number of rotatable bonds is 6.